The molecular weight excluding hydrogens is 192 g/mol. The van der Waals surface area contributed by atoms with Crippen molar-refractivity contribution in [2.24, 2.45) is 4.99 Å². The molecule has 0 aliphatic carbocycles. The number of rotatable bonds is 3. The lowest BCUT2D eigenvalue weighted by Gasteiger charge is -2.04. The molecule has 0 heterocycles. The minimum atomic E-state index is -0.436. The van der Waals surface area contributed by atoms with Crippen LogP contribution in [0.15, 0.2) is 29.3 Å². The van der Waals surface area contributed by atoms with Crippen molar-refractivity contribution in [3.05, 3.63) is 29.8 Å². The van der Waals surface area contributed by atoms with Crippen LogP contribution in [-0.4, -0.2) is 26.0 Å². The quantitative estimate of drug-likeness (QED) is 0.771. The van der Waals surface area contributed by atoms with Crippen molar-refractivity contribution >= 4 is 18.0 Å². The van der Waals surface area contributed by atoms with Crippen LogP contribution >= 0.6 is 0 Å². The number of carbonyl (C=O) groups is 1. The Kier molecular flexibility index (Phi) is 4.34. The molecule has 1 N–H and O–H groups in total. The zero-order valence-electron chi connectivity index (χ0n) is 8.86. The molecule has 0 radical (unpaired) electrons. The number of nitrogens with one attached hydrogen (secondary N) is 1. The summed E-state index contributed by atoms with van der Waals surface area (Å²) >= 11 is 0. The predicted octanol–water partition coefficient (Wildman–Crippen LogP) is 2.30. The molecule has 0 atom stereocenters. The van der Waals surface area contributed by atoms with Crippen LogP contribution in [0.5, 0.6) is 0 Å². The summed E-state index contributed by atoms with van der Waals surface area (Å²) in [5.41, 5.74) is 1.70. The lowest BCUT2D eigenvalue weighted by molar-refractivity contribution is 0.168. The van der Waals surface area contributed by atoms with Gasteiger partial charge in [0.05, 0.1) is 6.61 Å². The van der Waals surface area contributed by atoms with E-state index in [9.17, 15) is 4.79 Å². The largest absolute Gasteiger partial charge is 0.450 e. The van der Waals surface area contributed by atoms with Gasteiger partial charge in [-0.25, -0.2) is 4.79 Å². The Labute approximate surface area is 89.0 Å². The van der Waals surface area contributed by atoms with Crippen molar-refractivity contribution in [3.63, 3.8) is 0 Å². The van der Waals surface area contributed by atoms with Crippen LogP contribution in [0, 0.1) is 0 Å². The highest BCUT2D eigenvalue weighted by molar-refractivity contribution is 5.86. The molecule has 0 unspecified atom stereocenters. The summed E-state index contributed by atoms with van der Waals surface area (Å²) in [7, 11) is 1.71. The third-order valence-corrected chi connectivity index (χ3v) is 1.71. The van der Waals surface area contributed by atoms with Crippen LogP contribution in [-0.2, 0) is 4.74 Å². The normalized spacial score (nSPS) is 10.3. The Hall–Kier alpha value is -1.84. The Morgan fingerprint density at radius 3 is 2.67 bits per heavy atom. The minimum Gasteiger partial charge on any atom is -0.450 e. The van der Waals surface area contributed by atoms with E-state index < -0.39 is 6.09 Å². The summed E-state index contributed by atoms with van der Waals surface area (Å²) in [4.78, 5) is 15.0. The van der Waals surface area contributed by atoms with E-state index in [1.807, 2.05) is 12.1 Å². The van der Waals surface area contributed by atoms with Gasteiger partial charge in [-0.15, -0.1) is 0 Å². The van der Waals surface area contributed by atoms with Gasteiger partial charge in [-0.1, -0.05) is 12.1 Å². The van der Waals surface area contributed by atoms with Crippen molar-refractivity contribution in [2.75, 3.05) is 19.0 Å². The van der Waals surface area contributed by atoms with Crippen molar-refractivity contribution in [2.45, 2.75) is 6.92 Å². The van der Waals surface area contributed by atoms with Gasteiger partial charge in [0, 0.05) is 18.9 Å². The van der Waals surface area contributed by atoms with Crippen molar-refractivity contribution in [3.8, 4) is 0 Å². The van der Waals surface area contributed by atoms with E-state index in [4.69, 9.17) is 4.74 Å². The third-order valence-electron chi connectivity index (χ3n) is 1.71. The van der Waals surface area contributed by atoms with E-state index in [0.29, 0.717) is 12.3 Å². The number of amides is 1. The van der Waals surface area contributed by atoms with E-state index in [2.05, 4.69) is 10.3 Å². The van der Waals surface area contributed by atoms with Gasteiger partial charge in [0.25, 0.3) is 0 Å². The van der Waals surface area contributed by atoms with Crippen molar-refractivity contribution in [1.82, 2.24) is 0 Å². The fourth-order valence-corrected chi connectivity index (χ4v) is 1.09. The van der Waals surface area contributed by atoms with Crippen LogP contribution in [0.3, 0.4) is 0 Å². The first-order valence-corrected chi connectivity index (χ1v) is 4.72. The predicted molar refractivity (Wildman–Crippen MR) is 60.6 cm³/mol. The monoisotopic (exact) mass is 206 g/mol. The maximum atomic E-state index is 11.1. The lowest BCUT2D eigenvalue weighted by Crippen LogP contribution is -2.13. The van der Waals surface area contributed by atoms with Crippen LogP contribution in [0.25, 0.3) is 0 Å². The Morgan fingerprint density at radius 1 is 1.47 bits per heavy atom. The number of benzene rings is 1. The number of anilines is 1. The van der Waals surface area contributed by atoms with Gasteiger partial charge in [0.15, 0.2) is 0 Å². The first-order chi connectivity index (χ1) is 7.26. The van der Waals surface area contributed by atoms with Gasteiger partial charge in [0.1, 0.15) is 0 Å². The first kappa shape index (κ1) is 11.2. The highest BCUT2D eigenvalue weighted by Gasteiger charge is 2.00. The minimum absolute atomic E-state index is 0.367. The first-order valence-electron chi connectivity index (χ1n) is 4.72. The number of ether oxygens (including phenoxy) is 1. The molecular formula is C11H14N2O2. The average Bonchev–Trinajstić information content (AvgIpc) is 2.22. The Balaban J connectivity index is 2.60. The van der Waals surface area contributed by atoms with Crippen LogP contribution in [0.4, 0.5) is 10.5 Å². The summed E-state index contributed by atoms with van der Waals surface area (Å²) in [6.07, 6.45) is 1.31. The van der Waals surface area contributed by atoms with Crippen LogP contribution in [0.2, 0.25) is 0 Å². The molecule has 0 saturated carbocycles. The molecule has 1 aromatic rings. The lowest BCUT2D eigenvalue weighted by atomic mass is 10.2. The molecule has 0 aliphatic heterocycles. The Morgan fingerprint density at radius 2 is 2.13 bits per heavy atom. The molecule has 0 aliphatic rings. The zero-order valence-corrected chi connectivity index (χ0v) is 8.86. The van der Waals surface area contributed by atoms with Gasteiger partial charge in [-0.2, -0.15) is 0 Å². The number of aliphatic imine (C=N–C) groups is 1. The number of carbonyl (C=O) groups excluding carboxylic acids is 1. The summed E-state index contributed by atoms with van der Waals surface area (Å²) in [6.45, 7) is 2.13. The molecule has 0 saturated heterocycles. The standard InChI is InChI=1S/C11H14N2O2/c1-3-15-11(14)13-10-6-4-9(5-7-10)8-12-2/h4-8H,3H2,1-2H3,(H,13,14). The maximum absolute atomic E-state index is 11.1. The van der Waals surface area contributed by atoms with Crippen molar-refractivity contribution < 1.29 is 9.53 Å². The van der Waals surface area contributed by atoms with Crippen LogP contribution in [0.1, 0.15) is 12.5 Å². The van der Waals surface area contributed by atoms with Gasteiger partial charge in [-0.05, 0) is 24.6 Å². The second-order valence-electron chi connectivity index (χ2n) is 2.85. The molecule has 0 aromatic heterocycles. The van der Waals surface area contributed by atoms with Gasteiger partial charge < -0.3 is 4.74 Å². The number of hydrogen-bond donors (Lipinski definition) is 1. The SMILES string of the molecule is CCOC(=O)Nc1ccc(C=NC)cc1. The molecule has 0 fully saturated rings. The van der Waals surface area contributed by atoms with E-state index in [0.717, 1.165) is 5.56 Å². The fraction of sp³-hybridized carbons (Fsp3) is 0.273. The molecule has 4 nitrogen and oxygen atoms in total. The van der Waals surface area contributed by atoms with Gasteiger partial charge in [0.2, 0.25) is 0 Å². The summed E-state index contributed by atoms with van der Waals surface area (Å²) in [5, 5.41) is 2.61. The fourth-order valence-electron chi connectivity index (χ4n) is 1.09. The summed E-state index contributed by atoms with van der Waals surface area (Å²) in [5.74, 6) is 0. The summed E-state index contributed by atoms with van der Waals surface area (Å²) < 4.78 is 4.75. The molecule has 1 amide bonds. The van der Waals surface area contributed by atoms with E-state index in [1.54, 1.807) is 32.3 Å². The van der Waals surface area contributed by atoms with E-state index in [-0.39, 0.29) is 0 Å². The second kappa shape index (κ2) is 5.80. The van der Waals surface area contributed by atoms with E-state index in [1.165, 1.54) is 0 Å². The molecule has 4 heteroatoms. The zero-order chi connectivity index (χ0) is 11.1. The number of hydrogen-bond acceptors (Lipinski definition) is 3. The van der Waals surface area contributed by atoms with Crippen LogP contribution < -0.4 is 5.32 Å². The molecule has 0 spiro atoms. The maximum Gasteiger partial charge on any atom is 0.411 e. The molecule has 1 rings (SSSR count). The smallest absolute Gasteiger partial charge is 0.411 e. The average molecular weight is 206 g/mol. The summed E-state index contributed by atoms with van der Waals surface area (Å²) in [6, 6.07) is 7.34. The Bertz CT molecular complexity index is 344. The second-order valence-corrected chi connectivity index (χ2v) is 2.85. The molecule has 80 valence electrons. The molecule has 1 aromatic carbocycles. The topological polar surface area (TPSA) is 50.7 Å². The third kappa shape index (κ3) is 3.81. The number of nitrogens with zero attached hydrogens (tertiary/aromatic N) is 1. The van der Waals surface area contributed by atoms with Gasteiger partial charge in [-0.3, -0.25) is 10.3 Å². The van der Waals surface area contributed by atoms with Crippen molar-refractivity contribution in [1.29, 1.82) is 0 Å². The van der Waals surface area contributed by atoms with E-state index >= 15 is 0 Å². The molecule has 15 heavy (non-hydrogen) atoms. The molecule has 0 bridgehead atoms. The van der Waals surface area contributed by atoms with Gasteiger partial charge >= 0.3 is 6.09 Å². The highest BCUT2D eigenvalue weighted by atomic mass is 16.5. The highest BCUT2D eigenvalue weighted by Crippen LogP contribution is 2.08.